The summed E-state index contributed by atoms with van der Waals surface area (Å²) in [5, 5.41) is 11.9. The Morgan fingerprint density at radius 2 is 1.96 bits per heavy atom. The lowest BCUT2D eigenvalue weighted by atomic mass is 10.2. The number of amides is 1. The topological polar surface area (TPSA) is 113 Å². The van der Waals surface area contributed by atoms with Crippen LogP contribution >= 0.6 is 0 Å². The standard InChI is InChI=1S/C16H20N2O6S/c1-3-25(22,23)12-6-4-11(5-7-12)17-14-13(16(21)24-2)10-18(8-9-19)15(14)20/h4-7,17,19H,3,8-10H2,1-2H3. The average Bonchev–Trinajstić information content (AvgIpc) is 2.91. The molecule has 1 aliphatic rings. The smallest absolute Gasteiger partial charge is 0.337 e. The Labute approximate surface area is 146 Å². The van der Waals surface area contributed by atoms with E-state index in [1.54, 1.807) is 6.92 Å². The molecule has 0 saturated heterocycles. The maximum Gasteiger partial charge on any atom is 0.337 e. The van der Waals surface area contributed by atoms with Crippen LogP contribution in [0.2, 0.25) is 0 Å². The highest BCUT2D eigenvalue weighted by molar-refractivity contribution is 7.91. The summed E-state index contributed by atoms with van der Waals surface area (Å²) < 4.78 is 28.4. The van der Waals surface area contributed by atoms with Crippen molar-refractivity contribution in [2.75, 3.05) is 37.9 Å². The maximum atomic E-state index is 12.4. The number of ether oxygens (including phenoxy) is 1. The Bertz CT molecular complexity index is 798. The number of sulfone groups is 1. The highest BCUT2D eigenvalue weighted by Gasteiger charge is 2.34. The molecule has 0 fully saturated rings. The molecule has 2 rings (SSSR count). The van der Waals surface area contributed by atoms with Crippen LogP contribution in [0.25, 0.3) is 0 Å². The minimum atomic E-state index is -3.31. The lowest BCUT2D eigenvalue weighted by Crippen LogP contribution is -2.31. The lowest BCUT2D eigenvalue weighted by Gasteiger charge is -2.15. The molecule has 25 heavy (non-hydrogen) atoms. The van der Waals surface area contributed by atoms with E-state index in [1.165, 1.54) is 36.3 Å². The van der Waals surface area contributed by atoms with Crippen LogP contribution in [0.4, 0.5) is 5.69 Å². The van der Waals surface area contributed by atoms with Gasteiger partial charge in [0.2, 0.25) is 0 Å². The Morgan fingerprint density at radius 1 is 1.32 bits per heavy atom. The highest BCUT2D eigenvalue weighted by Crippen LogP contribution is 2.23. The average molecular weight is 368 g/mol. The van der Waals surface area contributed by atoms with E-state index in [2.05, 4.69) is 5.32 Å². The first-order valence-corrected chi connectivity index (χ1v) is 9.30. The van der Waals surface area contributed by atoms with Crippen molar-refractivity contribution in [2.45, 2.75) is 11.8 Å². The molecule has 1 heterocycles. The normalized spacial score (nSPS) is 14.8. The summed E-state index contributed by atoms with van der Waals surface area (Å²) in [5.41, 5.74) is 0.684. The molecular weight excluding hydrogens is 348 g/mol. The Morgan fingerprint density at radius 3 is 2.48 bits per heavy atom. The predicted molar refractivity (Wildman–Crippen MR) is 90.5 cm³/mol. The molecule has 0 spiro atoms. The number of aliphatic hydroxyl groups excluding tert-OH is 1. The third kappa shape index (κ3) is 3.99. The van der Waals surface area contributed by atoms with Gasteiger partial charge in [0.25, 0.3) is 5.91 Å². The van der Waals surface area contributed by atoms with Crippen LogP contribution in [0.5, 0.6) is 0 Å². The maximum absolute atomic E-state index is 12.4. The van der Waals surface area contributed by atoms with E-state index in [9.17, 15) is 18.0 Å². The summed E-state index contributed by atoms with van der Waals surface area (Å²) in [7, 11) is -2.10. The molecule has 1 aliphatic heterocycles. The summed E-state index contributed by atoms with van der Waals surface area (Å²) in [6.07, 6.45) is 0. The van der Waals surface area contributed by atoms with E-state index in [1.807, 2.05) is 0 Å². The van der Waals surface area contributed by atoms with Gasteiger partial charge >= 0.3 is 5.97 Å². The van der Waals surface area contributed by atoms with Crippen LogP contribution in [-0.2, 0) is 24.2 Å². The largest absolute Gasteiger partial charge is 0.466 e. The number of methoxy groups -OCH3 is 1. The van der Waals surface area contributed by atoms with E-state index < -0.39 is 21.7 Å². The molecule has 0 atom stereocenters. The lowest BCUT2D eigenvalue weighted by molar-refractivity contribution is -0.136. The number of carbonyl (C=O) groups excluding carboxylic acids is 2. The molecule has 0 saturated carbocycles. The minimum absolute atomic E-state index is 0.00791. The van der Waals surface area contributed by atoms with Gasteiger partial charge in [0.05, 0.1) is 36.5 Å². The van der Waals surface area contributed by atoms with Crippen molar-refractivity contribution >= 4 is 27.4 Å². The van der Waals surface area contributed by atoms with Crippen LogP contribution in [0.1, 0.15) is 6.92 Å². The van der Waals surface area contributed by atoms with Gasteiger partial charge in [0.1, 0.15) is 5.70 Å². The third-order valence-corrected chi connectivity index (χ3v) is 5.57. The number of anilines is 1. The van der Waals surface area contributed by atoms with Gasteiger partial charge in [-0.15, -0.1) is 0 Å². The SMILES string of the molecule is CCS(=O)(=O)c1ccc(NC2=C(C(=O)OC)CN(CCO)C2=O)cc1. The molecule has 1 aromatic carbocycles. The fourth-order valence-electron chi connectivity index (χ4n) is 2.41. The number of nitrogens with zero attached hydrogens (tertiary/aromatic N) is 1. The summed E-state index contributed by atoms with van der Waals surface area (Å²) in [5.74, 6) is -1.08. The Balaban J connectivity index is 2.29. The van der Waals surface area contributed by atoms with E-state index in [4.69, 9.17) is 9.84 Å². The van der Waals surface area contributed by atoms with Crippen LogP contribution in [0.15, 0.2) is 40.4 Å². The molecule has 1 amide bonds. The van der Waals surface area contributed by atoms with E-state index >= 15 is 0 Å². The van der Waals surface area contributed by atoms with Gasteiger partial charge in [-0.05, 0) is 24.3 Å². The van der Waals surface area contributed by atoms with Crippen LogP contribution in [-0.4, -0.2) is 62.9 Å². The predicted octanol–water partition coefficient (Wildman–Crippen LogP) is 0.154. The number of hydrogen-bond acceptors (Lipinski definition) is 7. The van der Waals surface area contributed by atoms with Gasteiger partial charge in [-0.3, -0.25) is 4.79 Å². The van der Waals surface area contributed by atoms with Crippen molar-refractivity contribution in [1.29, 1.82) is 0 Å². The van der Waals surface area contributed by atoms with Gasteiger partial charge in [0.15, 0.2) is 9.84 Å². The molecule has 9 heteroatoms. The van der Waals surface area contributed by atoms with Gasteiger partial charge < -0.3 is 20.1 Å². The minimum Gasteiger partial charge on any atom is -0.466 e. The second-order valence-electron chi connectivity index (χ2n) is 5.35. The molecule has 0 aromatic heterocycles. The third-order valence-electron chi connectivity index (χ3n) is 3.82. The molecule has 1 aromatic rings. The number of β-amino-alcohol motifs (C(OH)–C–C–N with tert-alkyl or cyclic N) is 1. The van der Waals surface area contributed by atoms with Crippen LogP contribution in [0, 0.1) is 0 Å². The van der Waals surface area contributed by atoms with Crippen LogP contribution < -0.4 is 5.32 Å². The zero-order chi connectivity index (χ0) is 18.6. The van der Waals surface area contributed by atoms with Crippen molar-refractivity contribution in [3.8, 4) is 0 Å². The number of hydrogen-bond donors (Lipinski definition) is 2. The fourth-order valence-corrected chi connectivity index (χ4v) is 3.29. The number of nitrogens with one attached hydrogen (secondary N) is 1. The van der Waals surface area contributed by atoms with Crippen LogP contribution in [0.3, 0.4) is 0 Å². The number of esters is 1. The molecule has 8 nitrogen and oxygen atoms in total. The van der Waals surface area contributed by atoms with Gasteiger partial charge in [-0.1, -0.05) is 6.92 Å². The van der Waals surface area contributed by atoms with Crippen molar-refractivity contribution in [3.63, 3.8) is 0 Å². The first-order chi connectivity index (χ1) is 11.8. The van der Waals surface area contributed by atoms with Crippen molar-refractivity contribution in [1.82, 2.24) is 4.90 Å². The zero-order valence-corrected chi connectivity index (χ0v) is 14.8. The molecule has 0 unspecified atom stereocenters. The molecule has 0 aliphatic carbocycles. The summed E-state index contributed by atoms with van der Waals surface area (Å²) in [6.45, 7) is 1.47. The van der Waals surface area contributed by atoms with Crippen molar-refractivity contribution < 1.29 is 27.9 Å². The van der Waals surface area contributed by atoms with E-state index in [0.29, 0.717) is 5.69 Å². The summed E-state index contributed by atoms with van der Waals surface area (Å²) >= 11 is 0. The Kier molecular flexibility index (Phi) is 5.81. The molecule has 136 valence electrons. The molecule has 0 bridgehead atoms. The quantitative estimate of drug-likeness (QED) is 0.659. The van der Waals surface area contributed by atoms with E-state index in [-0.39, 0.29) is 41.6 Å². The van der Waals surface area contributed by atoms with E-state index in [0.717, 1.165) is 0 Å². The number of benzene rings is 1. The number of aliphatic hydroxyl groups is 1. The summed E-state index contributed by atoms with van der Waals surface area (Å²) in [6, 6.07) is 5.91. The van der Waals surface area contributed by atoms with Crippen molar-refractivity contribution in [3.05, 3.63) is 35.5 Å². The highest BCUT2D eigenvalue weighted by atomic mass is 32.2. The van der Waals surface area contributed by atoms with Gasteiger partial charge in [0, 0.05) is 12.2 Å². The van der Waals surface area contributed by atoms with Gasteiger partial charge in [-0.25, -0.2) is 13.2 Å². The first kappa shape index (κ1) is 18.9. The Hall–Kier alpha value is -2.39. The molecular formula is C16H20N2O6S. The van der Waals surface area contributed by atoms with Gasteiger partial charge in [-0.2, -0.15) is 0 Å². The number of rotatable bonds is 7. The second-order valence-corrected chi connectivity index (χ2v) is 7.63. The second kappa shape index (κ2) is 7.66. The zero-order valence-electron chi connectivity index (χ0n) is 14.0. The molecule has 2 N–H and O–H groups in total. The van der Waals surface area contributed by atoms with Crippen molar-refractivity contribution in [2.24, 2.45) is 0 Å². The number of carbonyl (C=O) groups is 2. The fraction of sp³-hybridized carbons (Fsp3) is 0.375. The molecule has 0 radical (unpaired) electrons. The summed E-state index contributed by atoms with van der Waals surface area (Å²) in [4.78, 5) is 25.8. The first-order valence-electron chi connectivity index (χ1n) is 7.65. The monoisotopic (exact) mass is 368 g/mol.